The van der Waals surface area contributed by atoms with Gasteiger partial charge < -0.3 is 0 Å². The lowest BCUT2D eigenvalue weighted by Crippen LogP contribution is -2.49. The zero-order chi connectivity index (χ0) is 21.7. The molecule has 158 valence electrons. The Morgan fingerprint density at radius 2 is 1.90 bits per heavy atom. The number of H-pyrrole nitrogens is 1. The van der Waals surface area contributed by atoms with E-state index in [1.165, 1.54) is 21.3 Å². The van der Waals surface area contributed by atoms with Gasteiger partial charge in [-0.25, -0.2) is 23.6 Å². The molecule has 1 aliphatic heterocycles. The number of hydrogen-bond acceptors (Lipinski definition) is 3. The molecule has 0 saturated heterocycles. The maximum atomic E-state index is 13.5. The topological polar surface area (TPSA) is 66.9 Å². The Bertz CT molecular complexity index is 1420. The molecule has 31 heavy (non-hydrogen) atoms. The van der Waals surface area contributed by atoms with E-state index in [-0.39, 0.29) is 23.6 Å². The van der Waals surface area contributed by atoms with Gasteiger partial charge in [-0.1, -0.05) is 29.8 Å². The summed E-state index contributed by atoms with van der Waals surface area (Å²) < 4.78 is 18.1. The molecular formula is C23H23FN5O2+. The predicted molar refractivity (Wildman–Crippen MR) is 116 cm³/mol. The molecule has 0 saturated carbocycles. The average molecular weight is 420 g/mol. The molecule has 0 spiro atoms. The molecule has 0 aliphatic carbocycles. The lowest BCUT2D eigenvalue weighted by Gasteiger charge is -2.22. The van der Waals surface area contributed by atoms with E-state index in [1.54, 1.807) is 19.2 Å². The number of fused-ring (bicyclic) bond motifs is 3. The van der Waals surface area contributed by atoms with Crippen LogP contribution in [0.25, 0.3) is 11.2 Å². The molecule has 0 radical (unpaired) electrons. The van der Waals surface area contributed by atoms with E-state index < -0.39 is 0 Å². The van der Waals surface area contributed by atoms with Gasteiger partial charge in [0.15, 0.2) is 0 Å². The minimum Gasteiger partial charge on any atom is -0.267 e. The highest BCUT2D eigenvalue weighted by Gasteiger charge is 2.33. The van der Waals surface area contributed by atoms with Crippen molar-refractivity contribution >= 4 is 22.8 Å². The molecule has 4 aromatic rings. The van der Waals surface area contributed by atoms with E-state index in [2.05, 4.69) is 4.98 Å². The van der Waals surface area contributed by atoms with Crippen molar-refractivity contribution in [3.05, 3.63) is 86.3 Å². The summed E-state index contributed by atoms with van der Waals surface area (Å²) in [6, 6.07) is 14.1. The number of nitrogens with one attached hydrogen (secondary N) is 1. The lowest BCUT2D eigenvalue weighted by atomic mass is 10.1. The Morgan fingerprint density at radius 1 is 1.13 bits per heavy atom. The van der Waals surface area contributed by atoms with Gasteiger partial charge >= 0.3 is 11.6 Å². The summed E-state index contributed by atoms with van der Waals surface area (Å²) in [6.45, 7) is 3.58. The number of anilines is 2. The number of benzene rings is 2. The summed E-state index contributed by atoms with van der Waals surface area (Å²) in [5.41, 5.74) is 3.07. The fourth-order valence-electron chi connectivity index (χ4n) is 4.35. The van der Waals surface area contributed by atoms with Crippen LogP contribution < -0.4 is 20.7 Å². The highest BCUT2D eigenvalue weighted by atomic mass is 19.1. The number of rotatable bonds is 3. The largest absolute Gasteiger partial charge is 0.364 e. The number of aryl methyl sites for hydroxylation is 3. The third kappa shape index (κ3) is 3.15. The molecule has 7 nitrogen and oxygen atoms in total. The highest BCUT2D eigenvalue weighted by Crippen LogP contribution is 2.26. The fraction of sp³-hybridized carbons (Fsp3) is 0.261. The van der Waals surface area contributed by atoms with Gasteiger partial charge in [-0.05, 0) is 36.8 Å². The van der Waals surface area contributed by atoms with Crippen molar-refractivity contribution in [2.45, 2.75) is 26.4 Å². The number of nitrogens with zero attached hydrogens (tertiary/aromatic N) is 4. The van der Waals surface area contributed by atoms with Crippen molar-refractivity contribution in [1.82, 2.24) is 14.1 Å². The molecule has 1 aliphatic rings. The zero-order valence-corrected chi connectivity index (χ0v) is 17.4. The predicted octanol–water partition coefficient (Wildman–Crippen LogP) is 2.35. The summed E-state index contributed by atoms with van der Waals surface area (Å²) in [5, 5.41) is 0. The Hall–Kier alpha value is -3.68. The zero-order valence-electron chi connectivity index (χ0n) is 17.4. The van der Waals surface area contributed by atoms with Gasteiger partial charge in [0.1, 0.15) is 11.5 Å². The van der Waals surface area contributed by atoms with Crippen molar-refractivity contribution in [2.24, 2.45) is 7.05 Å². The van der Waals surface area contributed by atoms with Gasteiger partial charge in [-0.3, -0.25) is 13.9 Å². The molecule has 0 unspecified atom stereocenters. The second kappa shape index (κ2) is 7.23. The number of aromatic amines is 1. The van der Waals surface area contributed by atoms with Crippen LogP contribution in [-0.4, -0.2) is 20.7 Å². The first-order chi connectivity index (χ1) is 14.9. The highest BCUT2D eigenvalue weighted by molar-refractivity contribution is 5.70. The Kier molecular flexibility index (Phi) is 4.50. The van der Waals surface area contributed by atoms with E-state index in [1.807, 2.05) is 40.7 Å². The van der Waals surface area contributed by atoms with Crippen molar-refractivity contribution in [3.63, 3.8) is 0 Å². The fourth-order valence-corrected chi connectivity index (χ4v) is 4.35. The minimum absolute atomic E-state index is 0.214. The Balaban J connectivity index is 1.69. The normalized spacial score (nSPS) is 13.6. The van der Waals surface area contributed by atoms with Crippen LogP contribution >= 0.6 is 0 Å². The van der Waals surface area contributed by atoms with Gasteiger partial charge in [0, 0.05) is 13.5 Å². The van der Waals surface area contributed by atoms with Crippen LogP contribution in [0, 0.1) is 12.7 Å². The summed E-state index contributed by atoms with van der Waals surface area (Å²) in [4.78, 5) is 31.8. The molecular weight excluding hydrogens is 397 g/mol. The first-order valence-electron chi connectivity index (χ1n) is 10.3. The molecule has 1 N–H and O–H groups in total. The second-order valence-corrected chi connectivity index (χ2v) is 8.00. The summed E-state index contributed by atoms with van der Waals surface area (Å²) in [7, 11) is 1.67. The number of hydrogen-bond donors (Lipinski definition) is 1. The number of halogens is 1. The first-order valence-corrected chi connectivity index (χ1v) is 10.3. The molecule has 2 aromatic heterocycles. The smallest absolute Gasteiger partial charge is 0.267 e. The Labute approximate surface area is 177 Å². The van der Waals surface area contributed by atoms with Crippen LogP contribution in [0.1, 0.15) is 17.5 Å². The maximum absolute atomic E-state index is 13.5. The number of aromatic nitrogens is 4. The monoisotopic (exact) mass is 420 g/mol. The van der Waals surface area contributed by atoms with Gasteiger partial charge in [0.05, 0.1) is 19.6 Å². The van der Waals surface area contributed by atoms with Gasteiger partial charge in [-0.2, -0.15) is 0 Å². The van der Waals surface area contributed by atoms with E-state index in [0.717, 1.165) is 29.8 Å². The average Bonchev–Trinajstić information content (AvgIpc) is 3.16. The maximum Gasteiger partial charge on any atom is 0.364 e. The molecule has 3 heterocycles. The molecule has 0 atom stereocenters. The third-order valence-electron chi connectivity index (χ3n) is 5.86. The van der Waals surface area contributed by atoms with E-state index in [4.69, 9.17) is 0 Å². The molecule has 5 rings (SSSR count). The van der Waals surface area contributed by atoms with Crippen LogP contribution in [0.3, 0.4) is 0 Å². The summed E-state index contributed by atoms with van der Waals surface area (Å²) in [5.74, 6) is 0.417. The SMILES string of the molecule is Cc1cccc(Cn2c(=O)c3c([nH]c4[n+]3CCCN4c3ccc(F)cc3)n(C)c2=O)c1. The number of imidazole rings is 1. The van der Waals surface area contributed by atoms with Crippen LogP contribution in [0.2, 0.25) is 0 Å². The molecule has 0 bridgehead atoms. The van der Waals surface area contributed by atoms with Gasteiger partial charge in [0.25, 0.3) is 5.56 Å². The van der Waals surface area contributed by atoms with Crippen LogP contribution in [0.4, 0.5) is 16.0 Å². The molecule has 0 amide bonds. The van der Waals surface area contributed by atoms with Crippen LogP contribution in [-0.2, 0) is 20.1 Å². The first kappa shape index (κ1) is 19.3. The molecule has 2 aromatic carbocycles. The Morgan fingerprint density at radius 3 is 2.65 bits per heavy atom. The van der Waals surface area contributed by atoms with Gasteiger partial charge in [-0.15, -0.1) is 0 Å². The lowest BCUT2D eigenvalue weighted by molar-refractivity contribution is -0.663. The standard InChI is InChI=1S/C23H22FN5O2/c1-15-5-3-6-16(13-15)14-29-21(30)19-20(26(2)23(29)31)25-22-27(11-4-12-28(19)22)18-9-7-17(24)8-10-18/h3,5-10,13H,4,11-12,14H2,1-2H3/p+1. The van der Waals surface area contributed by atoms with Gasteiger partial charge in [0.2, 0.25) is 11.2 Å². The van der Waals surface area contributed by atoms with Crippen molar-refractivity contribution < 1.29 is 8.96 Å². The van der Waals surface area contributed by atoms with Crippen LogP contribution in [0.15, 0.2) is 58.1 Å². The quantitative estimate of drug-likeness (QED) is 0.518. The second-order valence-electron chi connectivity index (χ2n) is 8.00. The third-order valence-corrected chi connectivity index (χ3v) is 5.86. The minimum atomic E-state index is -0.369. The molecule has 8 heteroatoms. The van der Waals surface area contributed by atoms with Crippen LogP contribution in [0.5, 0.6) is 0 Å². The van der Waals surface area contributed by atoms with E-state index >= 15 is 0 Å². The summed E-state index contributed by atoms with van der Waals surface area (Å²) in [6.07, 6.45) is 0.822. The molecule has 0 fully saturated rings. The van der Waals surface area contributed by atoms with E-state index in [9.17, 15) is 14.0 Å². The van der Waals surface area contributed by atoms with Crippen molar-refractivity contribution in [2.75, 3.05) is 11.4 Å². The van der Waals surface area contributed by atoms with Crippen molar-refractivity contribution in [1.29, 1.82) is 0 Å². The summed E-state index contributed by atoms with van der Waals surface area (Å²) >= 11 is 0. The van der Waals surface area contributed by atoms with Crippen molar-refractivity contribution in [3.8, 4) is 0 Å². The van der Waals surface area contributed by atoms with E-state index in [0.29, 0.717) is 23.7 Å².